The summed E-state index contributed by atoms with van der Waals surface area (Å²) in [4.78, 5) is 10.8. The molecular formula is C19H22F4N5O2S+. The molecule has 7 nitrogen and oxygen atoms in total. The van der Waals surface area contributed by atoms with Gasteiger partial charge in [-0.3, -0.25) is 0 Å². The molecule has 0 bridgehead atoms. The fourth-order valence-corrected chi connectivity index (χ4v) is 2.81. The molecule has 0 radical (unpaired) electrons. The first-order valence-corrected chi connectivity index (χ1v) is 9.61. The Balaban J connectivity index is 2.42. The maximum atomic E-state index is 14.3. The zero-order chi connectivity index (χ0) is 23.2. The Bertz CT molecular complexity index is 975. The molecule has 1 aromatic heterocycles. The van der Waals surface area contributed by atoms with Crippen molar-refractivity contribution in [1.29, 1.82) is 0 Å². The van der Waals surface area contributed by atoms with E-state index in [0.717, 1.165) is 18.2 Å². The summed E-state index contributed by atoms with van der Waals surface area (Å²) in [6.45, 7) is 3.11. The number of anilines is 2. The molecule has 0 saturated heterocycles. The number of rotatable bonds is 8. The summed E-state index contributed by atoms with van der Waals surface area (Å²) in [5, 5.41) is 12.3. The number of nitrogens with one attached hydrogen (secondary N) is 2. The van der Waals surface area contributed by atoms with Crippen LogP contribution in [0.4, 0.5) is 29.2 Å². The van der Waals surface area contributed by atoms with Crippen molar-refractivity contribution < 1.29 is 31.8 Å². The highest BCUT2D eigenvalue weighted by Gasteiger charge is 2.36. The van der Waals surface area contributed by atoms with Crippen LogP contribution in [-0.2, 0) is 10.4 Å². The molecule has 168 valence electrons. The normalized spacial score (nSPS) is 13.1. The van der Waals surface area contributed by atoms with Crippen LogP contribution in [0.2, 0.25) is 0 Å². The lowest BCUT2D eigenvalue weighted by Gasteiger charge is -2.14. The Labute approximate surface area is 180 Å². The van der Waals surface area contributed by atoms with Gasteiger partial charge in [-0.1, -0.05) is 0 Å². The smallest absolute Gasteiger partial charge is 0.404 e. The second-order valence-electron chi connectivity index (χ2n) is 6.93. The number of nitrogens with zero attached hydrogens (tertiary/aromatic N) is 2. The molecule has 0 atom stereocenters. The molecule has 0 amide bonds. The fraction of sp³-hybridized carbons (Fsp3) is 0.316. The lowest BCUT2D eigenvalue weighted by atomic mass is 10.1. The average Bonchev–Trinajstić information content (AvgIpc) is 2.66. The van der Waals surface area contributed by atoms with Gasteiger partial charge < -0.3 is 20.3 Å². The maximum absolute atomic E-state index is 14.3. The zero-order valence-electron chi connectivity index (χ0n) is 16.9. The maximum Gasteiger partial charge on any atom is 0.420 e. The number of aliphatic hydroxyl groups is 1. The van der Waals surface area contributed by atoms with E-state index in [-0.39, 0.29) is 23.8 Å². The van der Waals surface area contributed by atoms with E-state index in [1.165, 1.54) is 39.3 Å². The molecule has 31 heavy (non-hydrogen) atoms. The van der Waals surface area contributed by atoms with Gasteiger partial charge in [0.05, 0.1) is 24.1 Å². The molecule has 0 unspecified atom stereocenters. The molecule has 0 saturated carbocycles. The third kappa shape index (κ3) is 7.19. The summed E-state index contributed by atoms with van der Waals surface area (Å²) in [6, 6.07) is 4.14. The molecule has 2 rings (SSSR count). The van der Waals surface area contributed by atoms with Crippen LogP contribution < -0.4 is 16.0 Å². The highest BCUT2D eigenvalue weighted by Crippen LogP contribution is 2.34. The van der Waals surface area contributed by atoms with Crippen molar-refractivity contribution >= 4 is 35.5 Å². The van der Waals surface area contributed by atoms with Gasteiger partial charge in [0.1, 0.15) is 17.0 Å². The van der Waals surface area contributed by atoms with Crippen molar-refractivity contribution in [3.63, 3.8) is 0 Å². The summed E-state index contributed by atoms with van der Waals surface area (Å²) < 4.78 is 59.6. The molecular weight excluding hydrogens is 438 g/mol. The van der Waals surface area contributed by atoms with E-state index in [2.05, 4.69) is 20.3 Å². The second-order valence-corrected chi connectivity index (χ2v) is 7.90. The van der Waals surface area contributed by atoms with Gasteiger partial charge in [0.15, 0.2) is 12.8 Å². The van der Waals surface area contributed by atoms with Crippen molar-refractivity contribution in [3.8, 4) is 0 Å². The molecule has 0 aliphatic carbocycles. The largest absolute Gasteiger partial charge is 0.420 e. The predicted molar refractivity (Wildman–Crippen MR) is 110 cm³/mol. The quantitative estimate of drug-likeness (QED) is 0.272. The van der Waals surface area contributed by atoms with E-state index in [1.54, 1.807) is 6.07 Å². The minimum atomic E-state index is -4.75. The SMILES string of the molecule is COSc1ccc(Nc2ncc(C(F)(F)F)c(/C(C=[NH+]CC(C)(C)O)=C/N)n2)c(F)c1. The van der Waals surface area contributed by atoms with Gasteiger partial charge in [0.2, 0.25) is 5.95 Å². The van der Waals surface area contributed by atoms with E-state index in [0.29, 0.717) is 11.1 Å². The standard InChI is InChI=1S/C19H21F4N5O2S/c1-18(2,29)10-25-8-11(7-24)16-13(19(21,22)23)9-26-17(28-16)27-15-5-4-12(31-30-3)6-14(15)20/h4-9,29H,10,24H2,1-3H3,(H,26,27,28)/p+1/b11-7+,25-8?. The molecule has 2 aromatic rings. The van der Waals surface area contributed by atoms with Crippen molar-refractivity contribution in [2.45, 2.75) is 30.5 Å². The highest BCUT2D eigenvalue weighted by atomic mass is 32.2. The van der Waals surface area contributed by atoms with Crippen molar-refractivity contribution in [3.05, 3.63) is 47.7 Å². The number of benzene rings is 1. The predicted octanol–water partition coefficient (Wildman–Crippen LogP) is 2.25. The number of halogens is 4. The third-order valence-corrected chi connectivity index (χ3v) is 4.32. The number of allylic oxidation sites excluding steroid dienone is 1. The lowest BCUT2D eigenvalue weighted by Crippen LogP contribution is -2.74. The second kappa shape index (κ2) is 10.1. The van der Waals surface area contributed by atoms with Gasteiger partial charge in [-0.15, -0.1) is 0 Å². The molecule has 0 spiro atoms. The Hall–Kier alpha value is -2.70. The molecule has 12 heteroatoms. The van der Waals surface area contributed by atoms with Gasteiger partial charge in [-0.25, -0.2) is 19.4 Å². The molecule has 0 aliphatic heterocycles. The lowest BCUT2D eigenvalue weighted by molar-refractivity contribution is -0.472. The Morgan fingerprint density at radius 2 is 2.06 bits per heavy atom. The molecule has 0 fully saturated rings. The first kappa shape index (κ1) is 24.6. The van der Waals surface area contributed by atoms with Crippen LogP contribution in [0.3, 0.4) is 0 Å². The number of hydrogen-bond acceptors (Lipinski definition) is 7. The Morgan fingerprint density at radius 3 is 2.61 bits per heavy atom. The topological polar surface area (TPSA) is 107 Å². The zero-order valence-corrected chi connectivity index (χ0v) is 17.7. The minimum absolute atomic E-state index is 0.0337. The van der Waals surface area contributed by atoms with Gasteiger partial charge in [0, 0.05) is 29.3 Å². The van der Waals surface area contributed by atoms with Gasteiger partial charge in [0.25, 0.3) is 0 Å². The van der Waals surface area contributed by atoms with E-state index >= 15 is 0 Å². The number of aromatic nitrogens is 2. The van der Waals surface area contributed by atoms with Crippen LogP contribution in [0.5, 0.6) is 0 Å². The summed E-state index contributed by atoms with van der Waals surface area (Å²) in [7, 11) is 1.43. The first-order chi connectivity index (χ1) is 14.4. The number of nitrogens with two attached hydrogens (primary N) is 1. The van der Waals surface area contributed by atoms with Gasteiger partial charge >= 0.3 is 6.18 Å². The van der Waals surface area contributed by atoms with Crippen molar-refractivity contribution in [2.24, 2.45) is 5.73 Å². The Morgan fingerprint density at radius 1 is 1.35 bits per heavy atom. The first-order valence-electron chi connectivity index (χ1n) is 8.87. The molecule has 1 heterocycles. The minimum Gasteiger partial charge on any atom is -0.404 e. The average molecular weight is 460 g/mol. The van der Waals surface area contributed by atoms with Crippen LogP contribution in [0, 0.1) is 5.82 Å². The summed E-state index contributed by atoms with van der Waals surface area (Å²) in [6.07, 6.45) is -2.02. The summed E-state index contributed by atoms with van der Waals surface area (Å²) >= 11 is 0.953. The highest BCUT2D eigenvalue weighted by molar-refractivity contribution is 7.94. The van der Waals surface area contributed by atoms with Crippen LogP contribution in [-0.4, -0.2) is 40.5 Å². The van der Waals surface area contributed by atoms with E-state index in [1.807, 2.05) is 0 Å². The van der Waals surface area contributed by atoms with E-state index in [9.17, 15) is 22.7 Å². The number of hydrogen-bond donors (Lipinski definition) is 4. The van der Waals surface area contributed by atoms with E-state index < -0.39 is 28.9 Å². The summed E-state index contributed by atoms with van der Waals surface area (Å²) in [5.41, 5.74) is 2.66. The monoisotopic (exact) mass is 460 g/mol. The molecule has 0 aliphatic rings. The van der Waals surface area contributed by atoms with Gasteiger partial charge in [-0.05, 0) is 32.0 Å². The third-order valence-electron chi connectivity index (χ3n) is 3.71. The Kier molecular flexibility index (Phi) is 7.98. The van der Waals surface area contributed by atoms with Crippen molar-refractivity contribution in [1.82, 2.24) is 9.97 Å². The van der Waals surface area contributed by atoms with Crippen LogP contribution in [0.1, 0.15) is 25.1 Å². The van der Waals surface area contributed by atoms with E-state index in [4.69, 9.17) is 9.92 Å². The molecule has 1 aromatic carbocycles. The number of alkyl halides is 3. The van der Waals surface area contributed by atoms with Crippen molar-refractivity contribution in [2.75, 3.05) is 19.0 Å². The summed E-state index contributed by atoms with van der Waals surface area (Å²) in [5.74, 6) is -0.927. The van der Waals surface area contributed by atoms with Crippen LogP contribution in [0.25, 0.3) is 5.57 Å². The van der Waals surface area contributed by atoms with Crippen LogP contribution in [0.15, 0.2) is 35.5 Å². The van der Waals surface area contributed by atoms with Gasteiger partial charge in [-0.2, -0.15) is 13.2 Å². The fourth-order valence-electron chi connectivity index (χ4n) is 2.34. The molecule has 5 N–H and O–H groups in total. The van der Waals surface area contributed by atoms with Crippen LogP contribution >= 0.6 is 12.0 Å².